The monoisotopic (exact) mass is 467 g/mol. The highest BCUT2D eigenvalue weighted by Gasteiger charge is 2.35. The summed E-state index contributed by atoms with van der Waals surface area (Å²) in [4.78, 5) is 44.0. The third-order valence-electron chi connectivity index (χ3n) is 6.29. The van der Waals surface area contributed by atoms with Crippen LogP contribution in [0.2, 0.25) is 0 Å². The largest absolute Gasteiger partial charge is 0.369 e. The maximum Gasteiger partial charge on any atom is 0.243 e. The molecule has 2 N–H and O–H groups in total. The summed E-state index contributed by atoms with van der Waals surface area (Å²) in [5.74, 6) is -1.03. The van der Waals surface area contributed by atoms with Gasteiger partial charge in [-0.05, 0) is 43.3 Å². The summed E-state index contributed by atoms with van der Waals surface area (Å²) < 4.78 is 13.2. The van der Waals surface area contributed by atoms with Crippen LogP contribution in [-0.4, -0.2) is 79.4 Å². The third kappa shape index (κ3) is 5.91. The lowest BCUT2D eigenvalue weighted by Gasteiger charge is -2.39. The highest BCUT2D eigenvalue weighted by atomic mass is 19.1. The fourth-order valence-corrected chi connectivity index (χ4v) is 4.34. The zero-order valence-electron chi connectivity index (χ0n) is 19.3. The Kier molecular flexibility index (Phi) is 7.42. The molecule has 0 spiro atoms. The van der Waals surface area contributed by atoms with Crippen molar-refractivity contribution in [1.29, 1.82) is 0 Å². The molecule has 4 rings (SSSR count). The van der Waals surface area contributed by atoms with E-state index in [0.717, 1.165) is 24.3 Å². The van der Waals surface area contributed by atoms with Gasteiger partial charge in [0.05, 0.1) is 13.0 Å². The van der Waals surface area contributed by atoms with Gasteiger partial charge in [-0.15, -0.1) is 0 Å². The van der Waals surface area contributed by atoms with Crippen LogP contribution in [0.4, 0.5) is 15.8 Å². The Bertz CT molecular complexity index is 1020. The third-order valence-corrected chi connectivity index (χ3v) is 6.29. The van der Waals surface area contributed by atoms with E-state index in [4.69, 9.17) is 0 Å². The van der Waals surface area contributed by atoms with Crippen molar-refractivity contribution in [2.24, 2.45) is 0 Å². The van der Waals surface area contributed by atoms with Gasteiger partial charge in [0, 0.05) is 50.6 Å². The van der Waals surface area contributed by atoms with Gasteiger partial charge in [-0.2, -0.15) is 0 Å². The van der Waals surface area contributed by atoms with Crippen LogP contribution in [0.15, 0.2) is 48.5 Å². The second-order valence-corrected chi connectivity index (χ2v) is 8.75. The summed E-state index contributed by atoms with van der Waals surface area (Å²) >= 11 is 0. The standard InChI is InChI=1S/C25H30FN5O3/c1-18-2-6-20(7-3-18)28-23(32)16-22-25(34)27-10-11-31(22)24(33)17-29-12-14-30(15-13-29)21-8-4-19(26)5-9-21/h2-9,22H,10-17H2,1H3,(H,27,34)(H,28,32)/t22-/m1/s1. The SMILES string of the molecule is Cc1ccc(NC(=O)C[C@@H]2C(=O)NCCN2C(=O)CN2CCN(c3ccc(F)cc3)CC2)cc1. The van der Waals surface area contributed by atoms with E-state index in [0.29, 0.717) is 31.9 Å². The predicted octanol–water partition coefficient (Wildman–Crippen LogP) is 1.61. The number of hydrogen-bond acceptors (Lipinski definition) is 5. The summed E-state index contributed by atoms with van der Waals surface area (Å²) in [6, 6.07) is 13.0. The average molecular weight is 468 g/mol. The van der Waals surface area contributed by atoms with Gasteiger partial charge < -0.3 is 20.4 Å². The summed E-state index contributed by atoms with van der Waals surface area (Å²) in [7, 11) is 0. The van der Waals surface area contributed by atoms with Crippen LogP contribution in [0.3, 0.4) is 0 Å². The van der Waals surface area contributed by atoms with E-state index >= 15 is 0 Å². The zero-order chi connectivity index (χ0) is 24.1. The fourth-order valence-electron chi connectivity index (χ4n) is 4.34. The molecule has 3 amide bonds. The lowest BCUT2D eigenvalue weighted by atomic mass is 10.1. The summed E-state index contributed by atoms with van der Waals surface area (Å²) in [6.45, 7) is 5.72. The Labute approximate surface area is 198 Å². The van der Waals surface area contributed by atoms with Crippen LogP contribution >= 0.6 is 0 Å². The molecular formula is C25H30FN5O3. The van der Waals surface area contributed by atoms with E-state index in [1.807, 2.05) is 31.2 Å². The minimum atomic E-state index is -0.827. The number of hydrogen-bond donors (Lipinski definition) is 2. The molecule has 180 valence electrons. The first-order valence-electron chi connectivity index (χ1n) is 11.6. The highest BCUT2D eigenvalue weighted by Crippen LogP contribution is 2.18. The molecule has 34 heavy (non-hydrogen) atoms. The summed E-state index contributed by atoms with van der Waals surface area (Å²) in [6.07, 6.45) is -0.0935. The molecular weight excluding hydrogens is 437 g/mol. The van der Waals surface area contributed by atoms with Crippen molar-refractivity contribution in [1.82, 2.24) is 15.1 Å². The van der Waals surface area contributed by atoms with E-state index in [1.54, 1.807) is 12.1 Å². The zero-order valence-corrected chi connectivity index (χ0v) is 19.3. The number of benzene rings is 2. The highest BCUT2D eigenvalue weighted by molar-refractivity contribution is 5.97. The first-order chi connectivity index (χ1) is 16.4. The number of carbonyl (C=O) groups excluding carboxylic acids is 3. The predicted molar refractivity (Wildman–Crippen MR) is 128 cm³/mol. The van der Waals surface area contributed by atoms with Crippen molar-refractivity contribution in [2.45, 2.75) is 19.4 Å². The van der Waals surface area contributed by atoms with E-state index in [1.165, 1.54) is 17.0 Å². The molecule has 0 bridgehead atoms. The minimum absolute atomic E-state index is 0.0935. The van der Waals surface area contributed by atoms with E-state index in [2.05, 4.69) is 20.4 Å². The van der Waals surface area contributed by atoms with Gasteiger partial charge in [0.1, 0.15) is 11.9 Å². The van der Waals surface area contributed by atoms with Crippen molar-refractivity contribution in [3.63, 3.8) is 0 Å². The van der Waals surface area contributed by atoms with Crippen molar-refractivity contribution in [3.05, 3.63) is 59.9 Å². The average Bonchev–Trinajstić information content (AvgIpc) is 2.83. The van der Waals surface area contributed by atoms with E-state index in [9.17, 15) is 18.8 Å². The van der Waals surface area contributed by atoms with Crippen LogP contribution in [0.1, 0.15) is 12.0 Å². The van der Waals surface area contributed by atoms with Crippen LogP contribution in [0.25, 0.3) is 0 Å². The molecule has 2 aliphatic rings. The molecule has 2 saturated heterocycles. The number of anilines is 2. The number of amides is 3. The molecule has 2 aliphatic heterocycles. The van der Waals surface area contributed by atoms with E-state index in [-0.39, 0.29) is 36.5 Å². The molecule has 2 aromatic carbocycles. The second kappa shape index (κ2) is 10.6. The van der Waals surface area contributed by atoms with Gasteiger partial charge in [0.15, 0.2) is 0 Å². The molecule has 0 radical (unpaired) electrons. The molecule has 2 fully saturated rings. The van der Waals surface area contributed by atoms with Gasteiger partial charge >= 0.3 is 0 Å². The molecule has 9 heteroatoms. The topological polar surface area (TPSA) is 85.0 Å². The normalized spacial score (nSPS) is 19.0. The quantitative estimate of drug-likeness (QED) is 0.675. The van der Waals surface area contributed by atoms with Gasteiger partial charge in [-0.25, -0.2) is 4.39 Å². The number of aryl methyl sites for hydroxylation is 1. The maximum atomic E-state index is 13.2. The molecule has 1 atom stereocenters. The minimum Gasteiger partial charge on any atom is -0.369 e. The summed E-state index contributed by atoms with van der Waals surface area (Å²) in [5, 5.41) is 5.57. The Hall–Kier alpha value is -3.46. The molecule has 0 aliphatic carbocycles. The van der Waals surface area contributed by atoms with Crippen molar-refractivity contribution >= 4 is 29.1 Å². The molecule has 0 unspecified atom stereocenters. The van der Waals surface area contributed by atoms with E-state index < -0.39 is 6.04 Å². The Balaban J connectivity index is 1.31. The molecule has 2 heterocycles. The Morgan fingerprint density at radius 2 is 1.68 bits per heavy atom. The second-order valence-electron chi connectivity index (χ2n) is 8.75. The maximum absolute atomic E-state index is 13.2. The Morgan fingerprint density at radius 1 is 1.00 bits per heavy atom. The molecule has 0 saturated carbocycles. The molecule has 2 aromatic rings. The molecule has 8 nitrogen and oxygen atoms in total. The van der Waals surface area contributed by atoms with Crippen LogP contribution in [0, 0.1) is 12.7 Å². The van der Waals surface area contributed by atoms with Gasteiger partial charge in [0.2, 0.25) is 17.7 Å². The van der Waals surface area contributed by atoms with Crippen LogP contribution in [-0.2, 0) is 14.4 Å². The smallest absolute Gasteiger partial charge is 0.243 e. The number of rotatable bonds is 6. The van der Waals surface area contributed by atoms with Crippen molar-refractivity contribution in [2.75, 3.05) is 56.0 Å². The van der Waals surface area contributed by atoms with Crippen LogP contribution in [0.5, 0.6) is 0 Å². The lowest BCUT2D eigenvalue weighted by Crippen LogP contribution is -2.60. The molecule has 0 aromatic heterocycles. The number of nitrogens with zero attached hydrogens (tertiary/aromatic N) is 3. The number of halogens is 1. The van der Waals surface area contributed by atoms with Gasteiger partial charge in [0.25, 0.3) is 0 Å². The number of carbonyl (C=O) groups is 3. The Morgan fingerprint density at radius 3 is 2.35 bits per heavy atom. The summed E-state index contributed by atoms with van der Waals surface area (Å²) in [5.41, 5.74) is 2.70. The fraction of sp³-hybridized carbons (Fsp3) is 0.400. The first-order valence-corrected chi connectivity index (χ1v) is 11.6. The van der Waals surface area contributed by atoms with Crippen molar-refractivity contribution in [3.8, 4) is 0 Å². The van der Waals surface area contributed by atoms with Gasteiger partial charge in [-0.3, -0.25) is 19.3 Å². The number of piperazine rings is 2. The van der Waals surface area contributed by atoms with Gasteiger partial charge in [-0.1, -0.05) is 17.7 Å². The van der Waals surface area contributed by atoms with Crippen LogP contribution < -0.4 is 15.5 Å². The lowest BCUT2D eigenvalue weighted by molar-refractivity contribution is -0.145. The first kappa shape index (κ1) is 23.7. The van der Waals surface area contributed by atoms with Crippen molar-refractivity contribution < 1.29 is 18.8 Å². The number of nitrogens with one attached hydrogen (secondary N) is 2.